The average molecular weight is 382 g/mol. The number of benzene rings is 1. The van der Waals surface area contributed by atoms with E-state index in [2.05, 4.69) is 14.8 Å². The van der Waals surface area contributed by atoms with Crippen LogP contribution in [-0.4, -0.2) is 46.8 Å². The van der Waals surface area contributed by atoms with Gasteiger partial charge in [0.25, 0.3) is 0 Å². The van der Waals surface area contributed by atoms with Crippen molar-refractivity contribution in [1.29, 1.82) is 0 Å². The third kappa shape index (κ3) is 3.55. The van der Waals surface area contributed by atoms with E-state index in [1.165, 1.54) is 18.2 Å². The topological polar surface area (TPSA) is 88.1 Å². The lowest BCUT2D eigenvalue weighted by Crippen LogP contribution is -2.46. The Bertz CT molecular complexity index is 772. The van der Waals surface area contributed by atoms with Crippen molar-refractivity contribution >= 4 is 17.6 Å². The number of halogens is 2. The van der Waals surface area contributed by atoms with Crippen LogP contribution in [0.4, 0.5) is 14.5 Å². The number of carbonyl (C=O) groups is 2. The summed E-state index contributed by atoms with van der Waals surface area (Å²) in [5.74, 6) is -1.26. The number of amides is 1. The number of carbonyl (C=O) groups excluding carboxylic acids is 1. The molecule has 1 aromatic rings. The SMILES string of the molecule is O=C(CN1C(C(=O)O)CC2CCCCC21)Nc1ccc2c(c1)OC(F)(F)O2. The van der Waals surface area contributed by atoms with Crippen molar-refractivity contribution < 1.29 is 33.0 Å². The number of alkyl halides is 2. The minimum atomic E-state index is -3.72. The first-order valence-electron chi connectivity index (χ1n) is 9.01. The van der Waals surface area contributed by atoms with Crippen molar-refractivity contribution in [2.75, 3.05) is 11.9 Å². The molecule has 3 unspecified atom stereocenters. The predicted octanol–water partition coefficient (Wildman–Crippen LogP) is 2.66. The van der Waals surface area contributed by atoms with Gasteiger partial charge in [0.1, 0.15) is 6.04 Å². The summed E-state index contributed by atoms with van der Waals surface area (Å²) in [7, 11) is 0. The standard InChI is InChI=1S/C18H20F2N2O5/c19-18(20)26-14-6-5-11(8-15(14)27-18)21-16(23)9-22-12-4-2-1-3-10(12)7-13(22)17(24)25/h5-6,8,10,12-13H,1-4,7,9H2,(H,21,23)(H,24,25). The zero-order valence-electron chi connectivity index (χ0n) is 14.5. The van der Waals surface area contributed by atoms with Gasteiger partial charge in [-0.05, 0) is 37.3 Å². The van der Waals surface area contributed by atoms with Gasteiger partial charge in [-0.2, -0.15) is 0 Å². The van der Waals surface area contributed by atoms with Crippen molar-refractivity contribution in [2.24, 2.45) is 5.92 Å². The van der Waals surface area contributed by atoms with Crippen LogP contribution in [0.2, 0.25) is 0 Å². The van der Waals surface area contributed by atoms with Crippen LogP contribution in [0.15, 0.2) is 18.2 Å². The summed E-state index contributed by atoms with van der Waals surface area (Å²) in [6.07, 6.45) is 0.846. The number of ether oxygens (including phenoxy) is 2. The van der Waals surface area contributed by atoms with Gasteiger partial charge in [-0.3, -0.25) is 14.5 Å². The molecule has 7 nitrogen and oxygen atoms in total. The van der Waals surface area contributed by atoms with Crippen LogP contribution in [0.1, 0.15) is 32.1 Å². The second kappa shape index (κ2) is 6.63. The fourth-order valence-corrected chi connectivity index (χ4v) is 4.42. The Kier molecular flexibility index (Phi) is 4.41. The molecule has 2 aliphatic heterocycles. The zero-order valence-corrected chi connectivity index (χ0v) is 14.5. The van der Waals surface area contributed by atoms with E-state index in [1.807, 2.05) is 0 Å². The van der Waals surface area contributed by atoms with Crippen LogP contribution in [0.25, 0.3) is 0 Å². The number of fused-ring (bicyclic) bond motifs is 2. The Morgan fingerprint density at radius 2 is 1.96 bits per heavy atom. The smallest absolute Gasteiger partial charge is 0.480 e. The number of rotatable bonds is 4. The highest BCUT2D eigenvalue weighted by atomic mass is 19.3. The molecule has 1 aromatic carbocycles. The first-order chi connectivity index (χ1) is 12.8. The molecule has 0 radical (unpaired) electrons. The normalized spacial score (nSPS) is 28.6. The van der Waals surface area contributed by atoms with E-state index in [9.17, 15) is 23.5 Å². The molecular weight excluding hydrogens is 362 g/mol. The first kappa shape index (κ1) is 18.0. The van der Waals surface area contributed by atoms with Gasteiger partial charge < -0.3 is 19.9 Å². The number of nitrogens with one attached hydrogen (secondary N) is 1. The molecule has 1 saturated heterocycles. The van der Waals surface area contributed by atoms with Crippen LogP contribution in [0, 0.1) is 5.92 Å². The number of hydrogen-bond donors (Lipinski definition) is 2. The molecule has 2 fully saturated rings. The molecule has 4 rings (SSSR count). The maximum atomic E-state index is 13.1. The maximum Gasteiger partial charge on any atom is 0.586 e. The van der Waals surface area contributed by atoms with E-state index in [-0.39, 0.29) is 29.8 Å². The Hall–Kier alpha value is -2.42. The highest BCUT2D eigenvalue weighted by Crippen LogP contribution is 2.42. The third-order valence-corrected chi connectivity index (χ3v) is 5.52. The summed E-state index contributed by atoms with van der Waals surface area (Å²) in [5.41, 5.74) is 0.284. The minimum absolute atomic E-state index is 0.0528. The lowest BCUT2D eigenvalue weighted by Gasteiger charge is -2.32. The number of aliphatic carboxylic acids is 1. The second-order valence-electron chi connectivity index (χ2n) is 7.25. The summed E-state index contributed by atoms with van der Waals surface area (Å²) in [6, 6.07) is 3.42. The van der Waals surface area contributed by atoms with Crippen LogP contribution in [-0.2, 0) is 9.59 Å². The fraction of sp³-hybridized carbons (Fsp3) is 0.556. The molecule has 0 spiro atoms. The Morgan fingerprint density at radius 1 is 1.22 bits per heavy atom. The highest BCUT2D eigenvalue weighted by Gasteiger charge is 2.46. The van der Waals surface area contributed by atoms with Crippen LogP contribution in [0.3, 0.4) is 0 Å². The molecule has 1 amide bonds. The predicted molar refractivity (Wildman–Crippen MR) is 89.8 cm³/mol. The quantitative estimate of drug-likeness (QED) is 0.833. The van der Waals surface area contributed by atoms with Crippen molar-refractivity contribution in [3.05, 3.63) is 18.2 Å². The van der Waals surface area contributed by atoms with Crippen molar-refractivity contribution in [2.45, 2.75) is 50.5 Å². The molecule has 0 bridgehead atoms. The molecule has 2 heterocycles. The number of nitrogens with zero attached hydrogens (tertiary/aromatic N) is 1. The van der Waals surface area contributed by atoms with Gasteiger partial charge in [0.15, 0.2) is 11.5 Å². The number of anilines is 1. The van der Waals surface area contributed by atoms with Gasteiger partial charge in [0, 0.05) is 17.8 Å². The highest BCUT2D eigenvalue weighted by molar-refractivity contribution is 5.93. The molecule has 0 aromatic heterocycles. The molecule has 27 heavy (non-hydrogen) atoms. The fourth-order valence-electron chi connectivity index (χ4n) is 4.42. The van der Waals surface area contributed by atoms with Crippen LogP contribution >= 0.6 is 0 Å². The summed E-state index contributed by atoms with van der Waals surface area (Å²) in [4.78, 5) is 25.8. The molecule has 2 N–H and O–H groups in total. The van der Waals surface area contributed by atoms with Gasteiger partial charge >= 0.3 is 12.3 Å². The minimum Gasteiger partial charge on any atom is -0.480 e. The van der Waals surface area contributed by atoms with Gasteiger partial charge in [-0.1, -0.05) is 12.8 Å². The lowest BCUT2D eigenvalue weighted by atomic mass is 9.85. The molecule has 1 aliphatic carbocycles. The Morgan fingerprint density at radius 3 is 2.74 bits per heavy atom. The second-order valence-corrected chi connectivity index (χ2v) is 7.25. The number of hydrogen-bond acceptors (Lipinski definition) is 5. The van der Waals surface area contributed by atoms with E-state index in [4.69, 9.17) is 0 Å². The zero-order chi connectivity index (χ0) is 19.2. The maximum absolute atomic E-state index is 13.1. The molecule has 1 saturated carbocycles. The summed E-state index contributed by atoms with van der Waals surface area (Å²) in [5, 5.41) is 12.1. The van der Waals surface area contributed by atoms with Gasteiger partial charge in [-0.15, -0.1) is 8.78 Å². The monoisotopic (exact) mass is 382 g/mol. The molecule has 3 atom stereocenters. The Labute approximate surface area is 154 Å². The van der Waals surface area contributed by atoms with Gasteiger partial charge in [0.05, 0.1) is 6.54 Å². The van der Waals surface area contributed by atoms with E-state index < -0.39 is 24.2 Å². The van der Waals surface area contributed by atoms with E-state index in [0.717, 1.165) is 25.7 Å². The molecular formula is C18H20F2N2O5. The van der Waals surface area contributed by atoms with Crippen molar-refractivity contribution in [3.63, 3.8) is 0 Å². The van der Waals surface area contributed by atoms with Crippen LogP contribution in [0.5, 0.6) is 11.5 Å². The van der Waals surface area contributed by atoms with Crippen molar-refractivity contribution in [3.8, 4) is 11.5 Å². The summed E-state index contributed by atoms with van der Waals surface area (Å²) >= 11 is 0. The number of likely N-dealkylation sites (tertiary alicyclic amines) is 1. The van der Waals surface area contributed by atoms with Gasteiger partial charge in [0.2, 0.25) is 5.91 Å². The number of carboxylic acid groups (broad SMARTS) is 1. The molecule has 3 aliphatic rings. The third-order valence-electron chi connectivity index (χ3n) is 5.52. The largest absolute Gasteiger partial charge is 0.586 e. The van der Waals surface area contributed by atoms with Crippen molar-refractivity contribution in [1.82, 2.24) is 4.90 Å². The average Bonchev–Trinajstić information content (AvgIpc) is 3.11. The summed E-state index contributed by atoms with van der Waals surface area (Å²) in [6.45, 7) is -0.0528. The first-order valence-corrected chi connectivity index (χ1v) is 9.01. The van der Waals surface area contributed by atoms with E-state index >= 15 is 0 Å². The van der Waals surface area contributed by atoms with E-state index in [1.54, 1.807) is 4.90 Å². The Balaban J connectivity index is 1.44. The lowest BCUT2D eigenvalue weighted by molar-refractivity contribution is -0.286. The molecule has 146 valence electrons. The van der Waals surface area contributed by atoms with E-state index in [0.29, 0.717) is 12.3 Å². The molecule has 9 heteroatoms. The number of carboxylic acids is 1. The van der Waals surface area contributed by atoms with Gasteiger partial charge in [-0.25, -0.2) is 0 Å². The summed E-state index contributed by atoms with van der Waals surface area (Å²) < 4.78 is 34.9. The van der Waals surface area contributed by atoms with Crippen LogP contribution < -0.4 is 14.8 Å².